The Kier molecular flexibility index (Phi) is 7.23. The van der Waals surface area contributed by atoms with Gasteiger partial charge in [0.05, 0.1) is 31.0 Å². The van der Waals surface area contributed by atoms with Crippen molar-refractivity contribution in [3.63, 3.8) is 0 Å². The van der Waals surface area contributed by atoms with E-state index in [1.807, 2.05) is 35.0 Å². The fourth-order valence-corrected chi connectivity index (χ4v) is 4.99. The zero-order valence-electron chi connectivity index (χ0n) is 21.1. The summed E-state index contributed by atoms with van der Waals surface area (Å²) in [5.41, 5.74) is 4.05. The average molecular weight is 500 g/mol. The molecule has 0 radical (unpaired) electrons. The highest BCUT2D eigenvalue weighted by Crippen LogP contribution is 2.22. The van der Waals surface area contributed by atoms with Crippen LogP contribution in [0.3, 0.4) is 0 Å². The van der Waals surface area contributed by atoms with Gasteiger partial charge in [0.15, 0.2) is 0 Å². The normalized spacial score (nSPS) is 16.5. The van der Waals surface area contributed by atoms with Crippen LogP contribution in [-0.2, 0) is 17.6 Å². The minimum Gasteiger partial charge on any atom is -0.476 e. The van der Waals surface area contributed by atoms with Crippen LogP contribution in [0.1, 0.15) is 35.6 Å². The van der Waals surface area contributed by atoms with Crippen LogP contribution >= 0.6 is 0 Å². The van der Waals surface area contributed by atoms with Gasteiger partial charge in [-0.25, -0.2) is 19.9 Å². The molecular weight excluding hydrogens is 466 g/mol. The molecule has 0 saturated carbocycles. The van der Waals surface area contributed by atoms with Crippen molar-refractivity contribution in [2.75, 3.05) is 57.4 Å². The van der Waals surface area contributed by atoms with Crippen molar-refractivity contribution < 1.29 is 9.47 Å². The van der Waals surface area contributed by atoms with Gasteiger partial charge in [-0.1, -0.05) is 6.07 Å². The standard InChI is InChI=1S/C28H33N7O2/c1-2-9-34(8-1)27-21-24(18-22-6-10-35-11-7-29-26(35)19-22)30-25(32-27)20-23-4-3-5-28(31-23)37-17-14-33-12-15-36-16-13-33/h3-7,10-11,19,21H,1-2,8-9,12-18,20H2. The lowest BCUT2D eigenvalue weighted by Crippen LogP contribution is -2.38. The Morgan fingerprint density at radius 1 is 0.865 bits per heavy atom. The molecule has 2 fully saturated rings. The van der Waals surface area contributed by atoms with E-state index in [1.54, 1.807) is 0 Å². The van der Waals surface area contributed by atoms with Gasteiger partial charge < -0.3 is 18.8 Å². The maximum atomic E-state index is 5.97. The van der Waals surface area contributed by atoms with E-state index in [2.05, 4.69) is 39.2 Å². The molecule has 192 valence electrons. The van der Waals surface area contributed by atoms with Crippen molar-refractivity contribution in [2.45, 2.75) is 25.7 Å². The molecule has 0 atom stereocenters. The largest absolute Gasteiger partial charge is 0.476 e. The number of fused-ring (bicyclic) bond motifs is 1. The Morgan fingerprint density at radius 3 is 2.65 bits per heavy atom. The lowest BCUT2D eigenvalue weighted by molar-refractivity contribution is 0.0320. The number of rotatable bonds is 9. The number of aromatic nitrogens is 5. The molecule has 0 spiro atoms. The van der Waals surface area contributed by atoms with Crippen molar-refractivity contribution in [1.82, 2.24) is 29.2 Å². The molecule has 2 aliphatic rings. The lowest BCUT2D eigenvalue weighted by Gasteiger charge is -2.26. The second kappa shape index (κ2) is 11.2. The molecule has 9 nitrogen and oxygen atoms in total. The second-order valence-electron chi connectivity index (χ2n) is 9.68. The number of hydrogen-bond donors (Lipinski definition) is 0. The van der Waals surface area contributed by atoms with Crippen molar-refractivity contribution in [1.29, 1.82) is 0 Å². The van der Waals surface area contributed by atoms with Crippen molar-refractivity contribution >= 4 is 11.5 Å². The van der Waals surface area contributed by atoms with E-state index in [0.717, 1.165) is 81.0 Å². The van der Waals surface area contributed by atoms with Crippen LogP contribution in [0.15, 0.2) is 55.0 Å². The summed E-state index contributed by atoms with van der Waals surface area (Å²) in [5, 5.41) is 0. The molecule has 0 unspecified atom stereocenters. The van der Waals surface area contributed by atoms with E-state index >= 15 is 0 Å². The Bertz CT molecular complexity index is 1330. The Morgan fingerprint density at radius 2 is 1.76 bits per heavy atom. The highest BCUT2D eigenvalue weighted by molar-refractivity contribution is 5.45. The molecule has 6 rings (SSSR count). The fourth-order valence-electron chi connectivity index (χ4n) is 4.99. The maximum absolute atomic E-state index is 5.97. The minimum absolute atomic E-state index is 0.564. The van der Waals surface area contributed by atoms with Gasteiger partial charge in [0.2, 0.25) is 5.88 Å². The molecule has 2 saturated heterocycles. The number of hydrogen-bond acceptors (Lipinski definition) is 8. The van der Waals surface area contributed by atoms with Gasteiger partial charge >= 0.3 is 0 Å². The SMILES string of the molecule is c1cc(Cc2nc(Cc3ccn4ccnc4c3)cc(N3CCCC3)n2)nc(OCCN2CCOCC2)c1. The third-order valence-electron chi connectivity index (χ3n) is 6.97. The molecule has 2 aliphatic heterocycles. The number of anilines is 1. The molecule has 0 N–H and O–H groups in total. The number of morpholine rings is 1. The first-order valence-electron chi connectivity index (χ1n) is 13.2. The predicted molar refractivity (Wildman–Crippen MR) is 141 cm³/mol. The molecular formula is C28H33N7O2. The number of imidazole rings is 1. The minimum atomic E-state index is 0.564. The first kappa shape index (κ1) is 23.8. The van der Waals surface area contributed by atoms with Crippen LogP contribution in [0.2, 0.25) is 0 Å². The van der Waals surface area contributed by atoms with Crippen LogP contribution in [0, 0.1) is 0 Å². The highest BCUT2D eigenvalue weighted by atomic mass is 16.5. The third-order valence-corrected chi connectivity index (χ3v) is 6.97. The van der Waals surface area contributed by atoms with Crippen LogP contribution in [0.4, 0.5) is 5.82 Å². The number of pyridine rings is 2. The zero-order valence-corrected chi connectivity index (χ0v) is 21.1. The summed E-state index contributed by atoms with van der Waals surface area (Å²) in [4.78, 5) is 23.8. The van der Waals surface area contributed by atoms with E-state index in [0.29, 0.717) is 18.9 Å². The summed E-state index contributed by atoms with van der Waals surface area (Å²) >= 11 is 0. The van der Waals surface area contributed by atoms with Gasteiger partial charge in [0.1, 0.15) is 23.9 Å². The van der Waals surface area contributed by atoms with Crippen LogP contribution in [-0.4, -0.2) is 81.8 Å². The smallest absolute Gasteiger partial charge is 0.213 e. The fraction of sp³-hybridized carbons (Fsp3) is 0.429. The number of nitrogens with zero attached hydrogens (tertiary/aromatic N) is 7. The maximum Gasteiger partial charge on any atom is 0.213 e. The Hall–Kier alpha value is -3.56. The average Bonchev–Trinajstić information content (AvgIpc) is 3.62. The second-order valence-corrected chi connectivity index (χ2v) is 9.68. The Labute approximate surface area is 217 Å². The van der Waals surface area contributed by atoms with E-state index in [1.165, 1.54) is 18.4 Å². The molecule has 0 aromatic carbocycles. The lowest BCUT2D eigenvalue weighted by atomic mass is 10.1. The van der Waals surface area contributed by atoms with Crippen molar-refractivity contribution in [3.05, 3.63) is 77.8 Å². The van der Waals surface area contributed by atoms with Crippen LogP contribution < -0.4 is 9.64 Å². The summed E-state index contributed by atoms with van der Waals surface area (Å²) in [6, 6.07) is 12.3. The topological polar surface area (TPSA) is 80.9 Å². The summed E-state index contributed by atoms with van der Waals surface area (Å²) in [6.07, 6.45) is 9.54. The first-order valence-corrected chi connectivity index (χ1v) is 13.2. The summed E-state index contributed by atoms with van der Waals surface area (Å²) in [5.74, 6) is 2.45. The molecule has 9 heteroatoms. The molecule has 6 heterocycles. The third kappa shape index (κ3) is 6.06. The molecule has 4 aromatic rings. The van der Waals surface area contributed by atoms with Gasteiger partial charge in [-0.05, 0) is 36.6 Å². The van der Waals surface area contributed by atoms with E-state index < -0.39 is 0 Å². The van der Waals surface area contributed by atoms with Crippen LogP contribution in [0.5, 0.6) is 5.88 Å². The first-order chi connectivity index (χ1) is 18.3. The monoisotopic (exact) mass is 499 g/mol. The molecule has 37 heavy (non-hydrogen) atoms. The molecule has 0 amide bonds. The molecule has 0 bridgehead atoms. The van der Waals surface area contributed by atoms with E-state index in [-0.39, 0.29) is 0 Å². The summed E-state index contributed by atoms with van der Waals surface area (Å²) in [7, 11) is 0. The van der Waals surface area contributed by atoms with Gasteiger partial charge in [0, 0.05) is 69.9 Å². The predicted octanol–water partition coefficient (Wildman–Crippen LogP) is 3.01. The molecule has 0 aliphatic carbocycles. The summed E-state index contributed by atoms with van der Waals surface area (Å²) in [6.45, 7) is 7.09. The van der Waals surface area contributed by atoms with Gasteiger partial charge in [-0.3, -0.25) is 4.90 Å². The highest BCUT2D eigenvalue weighted by Gasteiger charge is 2.17. The Balaban J connectivity index is 1.18. The van der Waals surface area contributed by atoms with Gasteiger partial charge in [-0.2, -0.15) is 0 Å². The van der Waals surface area contributed by atoms with Crippen molar-refractivity contribution in [2.24, 2.45) is 0 Å². The summed E-state index contributed by atoms with van der Waals surface area (Å²) < 4.78 is 13.4. The van der Waals surface area contributed by atoms with E-state index in [4.69, 9.17) is 24.4 Å². The van der Waals surface area contributed by atoms with Crippen molar-refractivity contribution in [3.8, 4) is 5.88 Å². The molecule has 4 aromatic heterocycles. The quantitative estimate of drug-likeness (QED) is 0.348. The zero-order chi connectivity index (χ0) is 24.9. The van der Waals surface area contributed by atoms with E-state index in [9.17, 15) is 0 Å². The number of ether oxygens (including phenoxy) is 2. The van der Waals surface area contributed by atoms with Gasteiger partial charge in [0.25, 0.3) is 0 Å². The van der Waals surface area contributed by atoms with Gasteiger partial charge in [-0.15, -0.1) is 0 Å². The van der Waals surface area contributed by atoms with Crippen LogP contribution in [0.25, 0.3) is 5.65 Å².